The summed E-state index contributed by atoms with van der Waals surface area (Å²) in [6.07, 6.45) is -5.78. The van der Waals surface area contributed by atoms with Crippen molar-refractivity contribution in [3.05, 3.63) is 59.4 Å². The van der Waals surface area contributed by atoms with Gasteiger partial charge >= 0.3 is 12.1 Å². The maximum atomic E-state index is 13.2. The van der Waals surface area contributed by atoms with Crippen molar-refractivity contribution in [1.29, 1.82) is 0 Å². The van der Waals surface area contributed by atoms with Gasteiger partial charge in [-0.15, -0.1) is 5.10 Å². The molecule has 158 valence electrons. The number of alkyl halides is 5. The van der Waals surface area contributed by atoms with Gasteiger partial charge in [0.25, 0.3) is 5.91 Å². The molecule has 2 aromatic carbocycles. The molecule has 0 fully saturated rings. The van der Waals surface area contributed by atoms with E-state index in [-0.39, 0.29) is 22.4 Å². The highest BCUT2D eigenvalue weighted by Gasteiger charge is 2.58. The van der Waals surface area contributed by atoms with E-state index in [1.807, 2.05) is 0 Å². The lowest BCUT2D eigenvalue weighted by molar-refractivity contribution is -0.290. The molecule has 1 amide bonds. The monoisotopic (exact) mass is 446 g/mol. The van der Waals surface area contributed by atoms with Crippen molar-refractivity contribution >= 4 is 17.5 Å². The number of primary amides is 1. The molecular formula is C18H12ClF5N4O2. The van der Waals surface area contributed by atoms with Crippen LogP contribution in [0.2, 0.25) is 5.02 Å². The van der Waals surface area contributed by atoms with Gasteiger partial charge in [-0.25, -0.2) is 9.67 Å². The summed E-state index contributed by atoms with van der Waals surface area (Å²) < 4.78 is 69.3. The minimum absolute atomic E-state index is 0.142. The molecule has 30 heavy (non-hydrogen) atoms. The minimum atomic E-state index is -5.78. The Kier molecular flexibility index (Phi) is 5.66. The zero-order valence-corrected chi connectivity index (χ0v) is 15.6. The Balaban J connectivity index is 2.01. The number of nitrogens with two attached hydrogens (primary N) is 1. The third-order valence-corrected chi connectivity index (χ3v) is 4.15. The van der Waals surface area contributed by atoms with Gasteiger partial charge in [0.15, 0.2) is 12.4 Å². The van der Waals surface area contributed by atoms with E-state index in [0.717, 1.165) is 6.07 Å². The van der Waals surface area contributed by atoms with Crippen LogP contribution in [0.4, 0.5) is 22.0 Å². The first kappa shape index (κ1) is 21.5. The number of ether oxygens (including phenoxy) is 1. The van der Waals surface area contributed by atoms with Crippen LogP contribution in [-0.4, -0.2) is 39.4 Å². The van der Waals surface area contributed by atoms with Crippen LogP contribution in [0.1, 0.15) is 10.6 Å². The van der Waals surface area contributed by atoms with E-state index in [0.29, 0.717) is 5.56 Å². The number of carbonyl (C=O) groups is 1. The Hall–Kier alpha value is -3.21. The number of rotatable bonds is 6. The lowest BCUT2D eigenvalue weighted by Crippen LogP contribution is -2.41. The summed E-state index contributed by atoms with van der Waals surface area (Å²) >= 11 is 5.87. The van der Waals surface area contributed by atoms with Crippen LogP contribution >= 0.6 is 11.6 Å². The van der Waals surface area contributed by atoms with Crippen molar-refractivity contribution < 1.29 is 31.5 Å². The van der Waals surface area contributed by atoms with Crippen LogP contribution in [0, 0.1) is 0 Å². The van der Waals surface area contributed by atoms with E-state index in [1.165, 1.54) is 16.8 Å². The number of hydrogen-bond donors (Lipinski definition) is 1. The zero-order valence-electron chi connectivity index (χ0n) is 14.8. The van der Waals surface area contributed by atoms with Gasteiger partial charge in [0.1, 0.15) is 5.75 Å². The van der Waals surface area contributed by atoms with Crippen LogP contribution < -0.4 is 10.5 Å². The SMILES string of the molecule is NC(=O)c1nc(-c2ccccc2)n(-c2ccc(Cl)c(OCC(F)(F)C(F)(F)F)c2)n1. The van der Waals surface area contributed by atoms with Crippen molar-refractivity contribution in [3.8, 4) is 22.8 Å². The van der Waals surface area contributed by atoms with Gasteiger partial charge < -0.3 is 10.5 Å². The van der Waals surface area contributed by atoms with E-state index >= 15 is 0 Å². The number of amides is 1. The molecule has 0 aliphatic heterocycles. The highest BCUT2D eigenvalue weighted by molar-refractivity contribution is 6.32. The summed E-state index contributed by atoms with van der Waals surface area (Å²) in [5.41, 5.74) is 5.91. The third-order valence-electron chi connectivity index (χ3n) is 3.84. The highest BCUT2D eigenvalue weighted by Crippen LogP contribution is 2.37. The average Bonchev–Trinajstić information content (AvgIpc) is 3.13. The predicted molar refractivity (Wildman–Crippen MR) is 96.8 cm³/mol. The summed E-state index contributed by atoms with van der Waals surface area (Å²) in [6.45, 7) is -1.96. The van der Waals surface area contributed by atoms with Crippen molar-refractivity contribution in [1.82, 2.24) is 14.8 Å². The van der Waals surface area contributed by atoms with Crippen molar-refractivity contribution in [3.63, 3.8) is 0 Å². The number of hydrogen-bond acceptors (Lipinski definition) is 4. The molecule has 2 N–H and O–H groups in total. The second kappa shape index (κ2) is 7.90. The minimum Gasteiger partial charge on any atom is -0.485 e. The van der Waals surface area contributed by atoms with E-state index in [2.05, 4.69) is 14.8 Å². The Labute approximate surface area is 171 Å². The number of halogens is 6. The number of benzene rings is 2. The summed E-state index contributed by atoms with van der Waals surface area (Å²) in [4.78, 5) is 15.6. The average molecular weight is 447 g/mol. The molecule has 1 aromatic heterocycles. The first-order valence-electron chi connectivity index (χ1n) is 8.19. The lowest BCUT2D eigenvalue weighted by Gasteiger charge is -2.20. The molecule has 0 unspecified atom stereocenters. The molecule has 0 bridgehead atoms. The van der Waals surface area contributed by atoms with Gasteiger partial charge in [0, 0.05) is 11.6 Å². The molecule has 0 aliphatic carbocycles. The Morgan fingerprint density at radius 3 is 2.37 bits per heavy atom. The number of aromatic nitrogens is 3. The van der Waals surface area contributed by atoms with E-state index < -0.39 is 30.4 Å². The van der Waals surface area contributed by atoms with Crippen LogP contribution in [0.25, 0.3) is 17.1 Å². The molecule has 0 spiro atoms. The van der Waals surface area contributed by atoms with Crippen molar-refractivity contribution in [2.45, 2.75) is 12.1 Å². The fourth-order valence-corrected chi connectivity index (χ4v) is 2.53. The fraction of sp³-hybridized carbons (Fsp3) is 0.167. The molecular weight excluding hydrogens is 435 g/mol. The van der Waals surface area contributed by atoms with Crippen LogP contribution in [0.15, 0.2) is 48.5 Å². The first-order chi connectivity index (χ1) is 14.0. The summed E-state index contributed by atoms with van der Waals surface area (Å²) in [5, 5.41) is 3.78. The van der Waals surface area contributed by atoms with Crippen molar-refractivity contribution in [2.24, 2.45) is 5.73 Å². The number of nitrogens with zero attached hydrogens (tertiary/aromatic N) is 3. The summed E-state index contributed by atoms with van der Waals surface area (Å²) in [6, 6.07) is 12.2. The Morgan fingerprint density at radius 1 is 1.10 bits per heavy atom. The largest absolute Gasteiger partial charge is 0.485 e. The smallest absolute Gasteiger partial charge is 0.456 e. The first-order valence-corrected chi connectivity index (χ1v) is 8.57. The fourth-order valence-electron chi connectivity index (χ4n) is 2.36. The molecule has 0 radical (unpaired) electrons. The number of carbonyl (C=O) groups excluding carboxylic acids is 1. The van der Waals surface area contributed by atoms with Gasteiger partial charge in [0.2, 0.25) is 5.82 Å². The molecule has 0 saturated carbocycles. The molecule has 0 aliphatic rings. The van der Waals surface area contributed by atoms with Gasteiger partial charge in [-0.2, -0.15) is 22.0 Å². The maximum absolute atomic E-state index is 13.2. The topological polar surface area (TPSA) is 83.0 Å². The molecule has 0 atom stereocenters. The van der Waals surface area contributed by atoms with Crippen LogP contribution in [0.5, 0.6) is 5.75 Å². The second-order valence-corrected chi connectivity index (χ2v) is 6.41. The van der Waals surface area contributed by atoms with Gasteiger partial charge in [-0.05, 0) is 12.1 Å². The summed E-state index contributed by atoms with van der Waals surface area (Å²) in [7, 11) is 0. The normalized spacial score (nSPS) is 12.1. The van der Waals surface area contributed by atoms with Gasteiger partial charge in [-0.3, -0.25) is 4.79 Å². The third kappa shape index (κ3) is 4.35. The second-order valence-electron chi connectivity index (χ2n) is 6.01. The van der Waals surface area contributed by atoms with E-state index in [4.69, 9.17) is 17.3 Å². The quantitative estimate of drug-likeness (QED) is 0.573. The maximum Gasteiger partial charge on any atom is 0.456 e. The highest BCUT2D eigenvalue weighted by atomic mass is 35.5. The molecule has 6 nitrogen and oxygen atoms in total. The predicted octanol–water partition coefficient (Wildman–Crippen LogP) is 4.26. The van der Waals surface area contributed by atoms with E-state index in [9.17, 15) is 26.7 Å². The van der Waals surface area contributed by atoms with Crippen LogP contribution in [0.3, 0.4) is 0 Å². The van der Waals surface area contributed by atoms with Crippen molar-refractivity contribution in [2.75, 3.05) is 6.61 Å². The van der Waals surface area contributed by atoms with Gasteiger partial charge in [-0.1, -0.05) is 41.9 Å². The Bertz CT molecular complexity index is 1070. The zero-order chi connectivity index (χ0) is 22.1. The lowest BCUT2D eigenvalue weighted by atomic mass is 10.2. The molecule has 1 heterocycles. The summed E-state index contributed by atoms with van der Waals surface area (Å²) in [5.74, 6) is -6.57. The van der Waals surface area contributed by atoms with Gasteiger partial charge in [0.05, 0.1) is 10.7 Å². The molecule has 12 heteroatoms. The van der Waals surface area contributed by atoms with E-state index in [1.54, 1.807) is 30.3 Å². The molecule has 0 saturated heterocycles. The standard InChI is InChI=1S/C18H12ClF5N4O2/c19-12-7-6-11(8-13(12)30-9-17(20,21)18(22,23)24)28-16(10-4-2-1-3-5-10)26-15(27-28)14(25)29/h1-8H,9H2,(H2,25,29). The molecule has 3 aromatic rings. The Morgan fingerprint density at radius 2 is 1.77 bits per heavy atom. The molecule has 3 rings (SSSR count). The van der Waals surface area contributed by atoms with Crippen LogP contribution in [-0.2, 0) is 0 Å².